The molecule has 12 heteroatoms. The molecule has 1 saturated heterocycles. The SMILES string of the molecule is CCCCCCCCCCCCCC[C@@H](O)[C@@H](O)[C@H](CO[C@H]1OC(COCc2ccccc2)[C@H](OCc2ccccc2)[C@@H](OCc2ccccc2)C1OCc1ccccc1)NS(=O)(=O)c1ccccc1C. The lowest BCUT2D eigenvalue weighted by atomic mass is 9.97. The largest absolute Gasteiger partial charge is 0.390 e. The van der Waals surface area contributed by atoms with E-state index in [-0.39, 0.29) is 37.9 Å². The lowest BCUT2D eigenvalue weighted by Crippen LogP contribution is -2.62. The third-order valence-electron chi connectivity index (χ3n) is 13.1. The fraction of sp³-hybridized carbons (Fsp3) is 0.492. The number of nitrogens with one attached hydrogen (secondary N) is 1. The second-order valence-corrected chi connectivity index (χ2v) is 20.6. The Morgan fingerprint density at radius 3 is 1.48 bits per heavy atom. The van der Waals surface area contributed by atoms with Gasteiger partial charge in [0.2, 0.25) is 10.0 Å². The van der Waals surface area contributed by atoms with E-state index >= 15 is 0 Å². The molecule has 0 radical (unpaired) electrons. The number of aryl methyl sites for hydroxylation is 1. The number of rotatable bonds is 34. The minimum Gasteiger partial charge on any atom is -0.390 e. The van der Waals surface area contributed by atoms with Gasteiger partial charge in [-0.05, 0) is 47.2 Å². The standard InChI is InChI=1S/C59H79NO10S/c1-3-4-5-6-7-8-9-10-11-12-13-26-38-52(61)55(62)51(60-71(63,64)54-39-28-27-29-46(54)2)44-69-59-58(68-43-50-36-24-17-25-37-50)57(67-42-49-34-22-16-23-35-49)56(66-41-48-32-20-15-21-33-48)53(70-59)45-65-40-47-30-18-14-19-31-47/h14-25,27-37,39,51-53,55-62H,3-13,26,38,40-45H2,1-2H3/t51-,52+,53?,55-,56-,57+,58?,59-/m0/s1. The first kappa shape index (κ1) is 56.0. The maximum atomic E-state index is 14.2. The molecule has 0 saturated carbocycles. The van der Waals surface area contributed by atoms with Gasteiger partial charge in [0, 0.05) is 0 Å². The molecule has 1 aliphatic heterocycles. The van der Waals surface area contributed by atoms with Crippen molar-refractivity contribution in [1.29, 1.82) is 0 Å². The predicted molar refractivity (Wildman–Crippen MR) is 279 cm³/mol. The average molecular weight is 994 g/mol. The summed E-state index contributed by atoms with van der Waals surface area (Å²) in [7, 11) is -4.21. The molecule has 0 spiro atoms. The van der Waals surface area contributed by atoms with E-state index in [1.54, 1.807) is 25.1 Å². The zero-order valence-electron chi connectivity index (χ0n) is 42.0. The zero-order valence-corrected chi connectivity index (χ0v) is 42.8. The van der Waals surface area contributed by atoms with Crippen molar-refractivity contribution in [3.8, 4) is 0 Å². The van der Waals surface area contributed by atoms with Gasteiger partial charge in [-0.15, -0.1) is 0 Å². The summed E-state index contributed by atoms with van der Waals surface area (Å²) in [5, 5.41) is 23.5. The van der Waals surface area contributed by atoms with Crippen LogP contribution in [0, 0.1) is 6.92 Å². The number of aliphatic hydroxyl groups excluding tert-OH is 2. The molecular formula is C59H79NO10S. The van der Waals surface area contributed by atoms with Gasteiger partial charge in [-0.2, -0.15) is 0 Å². The smallest absolute Gasteiger partial charge is 0.241 e. The molecule has 1 fully saturated rings. The van der Waals surface area contributed by atoms with Crippen molar-refractivity contribution in [3.63, 3.8) is 0 Å². The molecule has 71 heavy (non-hydrogen) atoms. The van der Waals surface area contributed by atoms with Crippen LogP contribution in [-0.4, -0.2) is 80.8 Å². The highest BCUT2D eigenvalue weighted by Crippen LogP contribution is 2.32. The molecule has 5 aromatic rings. The van der Waals surface area contributed by atoms with Gasteiger partial charge in [0.15, 0.2) is 6.29 Å². The monoisotopic (exact) mass is 994 g/mol. The van der Waals surface area contributed by atoms with Gasteiger partial charge < -0.3 is 38.6 Å². The molecular weight excluding hydrogens is 915 g/mol. The minimum absolute atomic E-state index is 0.0639. The van der Waals surface area contributed by atoms with Crippen molar-refractivity contribution >= 4 is 10.0 Å². The van der Waals surface area contributed by atoms with Gasteiger partial charge in [-0.1, -0.05) is 224 Å². The van der Waals surface area contributed by atoms with Crippen LogP contribution in [0.25, 0.3) is 0 Å². The molecule has 1 heterocycles. The quantitative estimate of drug-likeness (QED) is 0.0341. The Balaban J connectivity index is 1.24. The highest BCUT2D eigenvalue weighted by atomic mass is 32.2. The Kier molecular flexibility index (Phi) is 24.7. The molecule has 3 N–H and O–H groups in total. The first-order chi connectivity index (χ1) is 34.7. The van der Waals surface area contributed by atoms with Crippen LogP contribution < -0.4 is 4.72 Å². The third-order valence-corrected chi connectivity index (χ3v) is 14.8. The van der Waals surface area contributed by atoms with Crippen molar-refractivity contribution in [1.82, 2.24) is 4.72 Å². The summed E-state index contributed by atoms with van der Waals surface area (Å²) in [6.45, 7) is 4.62. The summed E-state index contributed by atoms with van der Waals surface area (Å²) in [5.74, 6) is 0. The zero-order chi connectivity index (χ0) is 49.9. The summed E-state index contributed by atoms with van der Waals surface area (Å²) in [5.41, 5.74) is 4.32. The van der Waals surface area contributed by atoms with E-state index < -0.39 is 59.0 Å². The van der Waals surface area contributed by atoms with Gasteiger partial charge >= 0.3 is 0 Å². The molecule has 0 aliphatic carbocycles. The highest BCUT2D eigenvalue weighted by Gasteiger charge is 2.49. The first-order valence-corrected chi connectivity index (χ1v) is 27.5. The molecule has 2 unspecified atom stereocenters. The Morgan fingerprint density at radius 2 is 0.972 bits per heavy atom. The van der Waals surface area contributed by atoms with E-state index in [0.29, 0.717) is 25.0 Å². The van der Waals surface area contributed by atoms with E-state index in [0.717, 1.165) is 41.5 Å². The molecule has 11 nitrogen and oxygen atoms in total. The summed E-state index contributed by atoms with van der Waals surface area (Å²) in [6.07, 6.45) is 7.11. The maximum Gasteiger partial charge on any atom is 0.241 e. The normalized spacial score (nSPS) is 19.6. The number of unbranched alkanes of at least 4 members (excludes halogenated alkanes) is 11. The highest BCUT2D eigenvalue weighted by molar-refractivity contribution is 7.89. The fourth-order valence-corrected chi connectivity index (χ4v) is 10.5. The van der Waals surface area contributed by atoms with E-state index in [4.69, 9.17) is 28.4 Å². The Labute approximate surface area is 424 Å². The Bertz CT molecular complexity index is 2270. The van der Waals surface area contributed by atoms with E-state index in [9.17, 15) is 18.6 Å². The lowest BCUT2D eigenvalue weighted by molar-refractivity contribution is -0.329. The van der Waals surface area contributed by atoms with Crippen LogP contribution in [0.3, 0.4) is 0 Å². The van der Waals surface area contributed by atoms with Crippen molar-refractivity contribution in [2.75, 3.05) is 13.2 Å². The van der Waals surface area contributed by atoms with E-state index in [1.807, 2.05) is 121 Å². The van der Waals surface area contributed by atoms with Crippen LogP contribution >= 0.6 is 0 Å². The number of hydrogen-bond donors (Lipinski definition) is 3. The van der Waals surface area contributed by atoms with Gasteiger partial charge in [0.1, 0.15) is 24.4 Å². The molecule has 0 aromatic heterocycles. The van der Waals surface area contributed by atoms with Gasteiger partial charge in [0.25, 0.3) is 0 Å². The fourth-order valence-electron chi connectivity index (χ4n) is 9.04. The number of sulfonamides is 1. The average Bonchev–Trinajstić information content (AvgIpc) is 3.39. The molecule has 386 valence electrons. The Hall–Kier alpha value is -4.31. The summed E-state index contributed by atoms with van der Waals surface area (Å²) >= 11 is 0. The van der Waals surface area contributed by atoms with E-state index in [1.165, 1.54) is 57.4 Å². The number of hydrogen-bond acceptors (Lipinski definition) is 10. The third kappa shape index (κ3) is 19.2. The van der Waals surface area contributed by atoms with Crippen LogP contribution in [-0.2, 0) is 64.9 Å². The molecule has 8 atom stereocenters. The summed E-state index contributed by atoms with van der Waals surface area (Å²) in [6, 6.07) is 44.7. The summed E-state index contributed by atoms with van der Waals surface area (Å²) in [4.78, 5) is 0.0639. The van der Waals surface area contributed by atoms with Crippen molar-refractivity contribution < 1.29 is 47.1 Å². The molecule has 0 bridgehead atoms. The minimum atomic E-state index is -4.21. The van der Waals surface area contributed by atoms with Crippen molar-refractivity contribution in [2.24, 2.45) is 0 Å². The summed E-state index contributed by atoms with van der Waals surface area (Å²) < 4.78 is 71.5. The predicted octanol–water partition coefficient (Wildman–Crippen LogP) is 11.2. The second-order valence-electron chi connectivity index (χ2n) is 18.9. The first-order valence-electron chi connectivity index (χ1n) is 26.0. The van der Waals surface area contributed by atoms with Crippen LogP contribution in [0.5, 0.6) is 0 Å². The van der Waals surface area contributed by atoms with Crippen molar-refractivity contribution in [2.45, 2.75) is 178 Å². The number of benzene rings is 5. The molecule has 0 amide bonds. The van der Waals surface area contributed by atoms with Gasteiger partial charge in [0.05, 0.1) is 62.8 Å². The molecule has 1 aliphatic rings. The van der Waals surface area contributed by atoms with Gasteiger partial charge in [-0.25, -0.2) is 13.1 Å². The number of aliphatic hydroxyl groups is 2. The topological polar surface area (TPSA) is 142 Å². The van der Waals surface area contributed by atoms with Crippen LogP contribution in [0.4, 0.5) is 0 Å². The van der Waals surface area contributed by atoms with Crippen molar-refractivity contribution in [3.05, 3.63) is 173 Å². The van der Waals surface area contributed by atoms with Crippen LogP contribution in [0.1, 0.15) is 118 Å². The van der Waals surface area contributed by atoms with Crippen LogP contribution in [0.2, 0.25) is 0 Å². The second kappa shape index (κ2) is 31.3. The molecule has 5 aromatic carbocycles. The maximum absolute atomic E-state index is 14.2. The molecule has 6 rings (SSSR count). The van der Waals surface area contributed by atoms with Crippen LogP contribution in [0.15, 0.2) is 150 Å². The lowest BCUT2D eigenvalue weighted by Gasteiger charge is -2.46. The Morgan fingerprint density at radius 1 is 0.535 bits per heavy atom. The number of ether oxygens (including phenoxy) is 6. The van der Waals surface area contributed by atoms with Gasteiger partial charge in [-0.3, -0.25) is 0 Å². The van der Waals surface area contributed by atoms with E-state index in [2.05, 4.69) is 11.6 Å².